The maximum absolute atomic E-state index is 11.8. The van der Waals surface area contributed by atoms with Crippen LogP contribution in [0.5, 0.6) is 0 Å². The van der Waals surface area contributed by atoms with Crippen LogP contribution in [0.2, 0.25) is 0 Å². The molecule has 1 N–H and O–H groups in total. The molecule has 26 heavy (non-hydrogen) atoms. The van der Waals surface area contributed by atoms with Gasteiger partial charge in [0.2, 0.25) is 10.0 Å². The largest absolute Gasteiger partial charge is 0.357 e. The van der Waals surface area contributed by atoms with Gasteiger partial charge in [0, 0.05) is 58.9 Å². The molecule has 0 saturated carbocycles. The first-order chi connectivity index (χ1) is 12.4. The van der Waals surface area contributed by atoms with Crippen molar-refractivity contribution in [1.29, 1.82) is 0 Å². The number of hydrogen-bond donors (Lipinski definition) is 1. The lowest BCUT2D eigenvalue weighted by atomic mass is 10.0. The Morgan fingerprint density at radius 2 is 2.23 bits per heavy atom. The van der Waals surface area contributed by atoms with E-state index in [-0.39, 0.29) is 5.75 Å². The summed E-state index contributed by atoms with van der Waals surface area (Å²) in [5.74, 6) is 1.53. The van der Waals surface area contributed by atoms with Gasteiger partial charge in [0.25, 0.3) is 0 Å². The van der Waals surface area contributed by atoms with E-state index >= 15 is 0 Å². The topological polar surface area (TPSA) is 82.8 Å². The van der Waals surface area contributed by atoms with Crippen molar-refractivity contribution < 1.29 is 8.42 Å². The lowest BCUT2D eigenvalue weighted by molar-refractivity contribution is 0.460. The van der Waals surface area contributed by atoms with E-state index in [2.05, 4.69) is 28.4 Å². The van der Waals surface area contributed by atoms with Gasteiger partial charge in [-0.05, 0) is 32.3 Å². The summed E-state index contributed by atoms with van der Waals surface area (Å²) in [4.78, 5) is 6.98. The normalized spacial score (nSPS) is 18.7. The predicted octanol–water partition coefficient (Wildman–Crippen LogP) is 0.847. The van der Waals surface area contributed by atoms with Crippen LogP contribution in [-0.4, -0.2) is 78.9 Å². The third-order valence-corrected chi connectivity index (χ3v) is 6.61. The summed E-state index contributed by atoms with van der Waals surface area (Å²) in [7, 11) is 0.464. The summed E-state index contributed by atoms with van der Waals surface area (Å²) in [6.45, 7) is 7.55. The summed E-state index contributed by atoms with van der Waals surface area (Å²) in [5, 5.41) is 7.62. The average molecular weight is 385 g/mol. The van der Waals surface area contributed by atoms with E-state index in [1.165, 1.54) is 9.87 Å². The summed E-state index contributed by atoms with van der Waals surface area (Å²) in [6, 6.07) is 0. The molecule has 1 fully saturated rings. The highest BCUT2D eigenvalue weighted by atomic mass is 32.2. The van der Waals surface area contributed by atoms with Crippen LogP contribution in [0.1, 0.15) is 38.2 Å². The van der Waals surface area contributed by atoms with Crippen molar-refractivity contribution in [2.75, 3.05) is 45.5 Å². The Bertz CT molecular complexity index is 700. The Balaban J connectivity index is 1.89. The zero-order chi connectivity index (χ0) is 19.2. The van der Waals surface area contributed by atoms with E-state index in [1.807, 2.05) is 17.9 Å². The fourth-order valence-corrected chi connectivity index (χ4v) is 3.99. The average Bonchev–Trinajstić information content (AvgIpc) is 3.26. The van der Waals surface area contributed by atoms with Crippen LogP contribution in [0, 0.1) is 0 Å². The van der Waals surface area contributed by atoms with Gasteiger partial charge in [-0.3, -0.25) is 9.67 Å². The first-order valence-electron chi connectivity index (χ1n) is 9.33. The third-order valence-electron chi connectivity index (χ3n) is 4.75. The van der Waals surface area contributed by atoms with Crippen LogP contribution >= 0.6 is 0 Å². The highest BCUT2D eigenvalue weighted by Crippen LogP contribution is 2.26. The number of hydrogen-bond acceptors (Lipinski definition) is 4. The Morgan fingerprint density at radius 1 is 1.46 bits per heavy atom. The van der Waals surface area contributed by atoms with Crippen LogP contribution in [0.3, 0.4) is 0 Å². The number of aryl methyl sites for hydroxylation is 1. The number of nitrogens with zero attached hydrogens (tertiary/aromatic N) is 5. The Kier molecular flexibility index (Phi) is 7.45. The van der Waals surface area contributed by atoms with Crippen LogP contribution in [0.4, 0.5) is 0 Å². The van der Waals surface area contributed by atoms with Crippen molar-refractivity contribution in [3.63, 3.8) is 0 Å². The van der Waals surface area contributed by atoms with Gasteiger partial charge in [-0.1, -0.05) is 0 Å². The van der Waals surface area contributed by atoms with Crippen LogP contribution in [0.25, 0.3) is 0 Å². The van der Waals surface area contributed by atoms with Crippen LogP contribution < -0.4 is 5.32 Å². The van der Waals surface area contributed by atoms with Gasteiger partial charge in [-0.2, -0.15) is 5.10 Å². The molecule has 0 bridgehead atoms. The minimum atomic E-state index is -3.11. The van der Waals surface area contributed by atoms with Gasteiger partial charge >= 0.3 is 0 Å². The zero-order valence-electron chi connectivity index (χ0n) is 16.3. The van der Waals surface area contributed by atoms with Gasteiger partial charge in [-0.25, -0.2) is 12.7 Å². The van der Waals surface area contributed by atoms with Gasteiger partial charge in [0.05, 0.1) is 11.9 Å². The molecule has 1 aromatic heterocycles. The molecular formula is C17H32N6O2S. The third kappa shape index (κ3) is 5.44. The van der Waals surface area contributed by atoms with Crippen molar-refractivity contribution in [3.05, 3.63) is 18.0 Å². The predicted molar refractivity (Wildman–Crippen MR) is 105 cm³/mol. The first kappa shape index (κ1) is 20.7. The highest BCUT2D eigenvalue weighted by Gasteiger charge is 2.26. The lowest BCUT2D eigenvalue weighted by Gasteiger charge is -2.22. The second-order valence-electron chi connectivity index (χ2n) is 6.69. The number of guanidine groups is 1. The zero-order valence-corrected chi connectivity index (χ0v) is 17.2. The van der Waals surface area contributed by atoms with Crippen molar-refractivity contribution in [2.24, 2.45) is 12.0 Å². The van der Waals surface area contributed by atoms with Crippen molar-refractivity contribution in [1.82, 2.24) is 24.3 Å². The van der Waals surface area contributed by atoms with E-state index in [4.69, 9.17) is 4.99 Å². The van der Waals surface area contributed by atoms with Crippen LogP contribution in [0.15, 0.2) is 17.4 Å². The standard InChI is InChI=1S/C17H32N6O2S/c1-5-18-17(19-9-7-10-22(4)26(24,25)6-2)23-11-8-15(14-23)16-12-20-21(3)13-16/h12-13,15H,5-11,14H2,1-4H3,(H,18,19). The first-order valence-corrected chi connectivity index (χ1v) is 10.9. The van der Waals surface area contributed by atoms with Crippen molar-refractivity contribution in [3.8, 4) is 0 Å². The van der Waals surface area contributed by atoms with E-state index in [0.717, 1.165) is 32.0 Å². The monoisotopic (exact) mass is 384 g/mol. The van der Waals surface area contributed by atoms with E-state index in [0.29, 0.717) is 25.4 Å². The van der Waals surface area contributed by atoms with E-state index < -0.39 is 10.0 Å². The molecule has 2 rings (SSSR count). The van der Waals surface area contributed by atoms with Crippen molar-refractivity contribution in [2.45, 2.75) is 32.6 Å². The molecule has 148 valence electrons. The molecule has 0 aliphatic carbocycles. The summed E-state index contributed by atoms with van der Waals surface area (Å²) < 4.78 is 26.8. The number of likely N-dealkylation sites (tertiary alicyclic amines) is 1. The fourth-order valence-electron chi connectivity index (χ4n) is 3.14. The quantitative estimate of drug-likeness (QED) is 0.408. The van der Waals surface area contributed by atoms with Gasteiger partial charge in [-0.15, -0.1) is 0 Å². The molecule has 9 heteroatoms. The maximum atomic E-state index is 11.8. The van der Waals surface area contributed by atoms with Gasteiger partial charge in [0.15, 0.2) is 5.96 Å². The van der Waals surface area contributed by atoms with E-state index in [1.54, 1.807) is 14.0 Å². The molecule has 1 aliphatic heterocycles. The maximum Gasteiger partial charge on any atom is 0.213 e. The number of aliphatic imine (C=N–C) groups is 1. The van der Waals surface area contributed by atoms with Crippen LogP contribution in [-0.2, 0) is 17.1 Å². The molecule has 1 aromatic rings. The number of sulfonamides is 1. The van der Waals surface area contributed by atoms with Gasteiger partial charge in [0.1, 0.15) is 0 Å². The van der Waals surface area contributed by atoms with Gasteiger partial charge < -0.3 is 10.2 Å². The highest BCUT2D eigenvalue weighted by molar-refractivity contribution is 7.89. The molecule has 0 aromatic carbocycles. The molecule has 8 nitrogen and oxygen atoms in total. The fraction of sp³-hybridized carbons (Fsp3) is 0.765. The number of aromatic nitrogens is 2. The minimum Gasteiger partial charge on any atom is -0.357 e. The molecule has 2 heterocycles. The second kappa shape index (κ2) is 9.36. The van der Waals surface area contributed by atoms with E-state index in [9.17, 15) is 8.42 Å². The summed E-state index contributed by atoms with van der Waals surface area (Å²) >= 11 is 0. The molecule has 1 unspecified atom stereocenters. The lowest BCUT2D eigenvalue weighted by Crippen LogP contribution is -2.40. The number of nitrogens with one attached hydrogen (secondary N) is 1. The smallest absolute Gasteiger partial charge is 0.213 e. The summed E-state index contributed by atoms with van der Waals surface area (Å²) in [6.07, 6.45) is 5.84. The Labute approximate surface area is 157 Å². The summed E-state index contributed by atoms with van der Waals surface area (Å²) in [5.41, 5.74) is 1.28. The molecule has 0 amide bonds. The Morgan fingerprint density at radius 3 is 2.85 bits per heavy atom. The number of rotatable bonds is 8. The molecular weight excluding hydrogens is 352 g/mol. The van der Waals surface area contributed by atoms with Crippen molar-refractivity contribution >= 4 is 16.0 Å². The molecule has 0 radical (unpaired) electrons. The minimum absolute atomic E-state index is 0.138. The molecule has 0 spiro atoms. The molecule has 1 aliphatic rings. The second-order valence-corrected chi connectivity index (χ2v) is 9.05. The molecule has 1 atom stereocenters. The molecule has 1 saturated heterocycles. The SMILES string of the molecule is CCNC(=NCCCN(C)S(=O)(=O)CC)N1CCC(c2cnn(C)c2)C1. The Hall–Kier alpha value is -1.61.